The second-order valence-corrected chi connectivity index (χ2v) is 8.17. The van der Waals surface area contributed by atoms with E-state index in [9.17, 15) is 8.42 Å². The van der Waals surface area contributed by atoms with Gasteiger partial charge in [-0.2, -0.15) is 0 Å². The summed E-state index contributed by atoms with van der Waals surface area (Å²) < 4.78 is 28.1. The Morgan fingerprint density at radius 2 is 2.11 bits per heavy atom. The number of hydrogen-bond donors (Lipinski definition) is 1. The fourth-order valence-electron chi connectivity index (χ4n) is 2.61. The molecule has 2 rings (SSSR count). The number of halogens is 1. The maximum atomic E-state index is 12.2. The molecule has 5 heteroatoms. The molecule has 0 radical (unpaired) electrons. The van der Waals surface area contributed by atoms with Gasteiger partial charge in [0, 0.05) is 11.0 Å². The van der Waals surface area contributed by atoms with Crippen molar-refractivity contribution in [1.29, 1.82) is 0 Å². The van der Waals surface area contributed by atoms with Gasteiger partial charge in [-0.1, -0.05) is 29.3 Å². The molecule has 1 aromatic rings. The summed E-state index contributed by atoms with van der Waals surface area (Å²) in [4.78, 5) is 0.347. The van der Waals surface area contributed by atoms with Crippen molar-refractivity contribution in [2.24, 2.45) is 11.8 Å². The molecule has 2 unspecified atom stereocenters. The van der Waals surface area contributed by atoms with E-state index in [2.05, 4.69) is 27.6 Å². The van der Waals surface area contributed by atoms with Gasteiger partial charge in [-0.3, -0.25) is 0 Å². The van der Waals surface area contributed by atoms with E-state index in [-0.39, 0.29) is 0 Å². The lowest BCUT2D eigenvalue weighted by Gasteiger charge is -2.12. The van der Waals surface area contributed by atoms with Gasteiger partial charge < -0.3 is 0 Å². The van der Waals surface area contributed by atoms with Crippen LogP contribution in [0.15, 0.2) is 27.6 Å². The zero-order chi connectivity index (χ0) is 14.0. The van der Waals surface area contributed by atoms with Crippen LogP contribution < -0.4 is 4.72 Å². The zero-order valence-electron chi connectivity index (χ0n) is 11.3. The normalized spacial score (nSPS) is 23.7. The van der Waals surface area contributed by atoms with Crippen LogP contribution in [-0.2, 0) is 10.0 Å². The minimum atomic E-state index is -3.38. The van der Waals surface area contributed by atoms with Crippen LogP contribution >= 0.6 is 15.9 Å². The molecule has 0 spiro atoms. The zero-order valence-corrected chi connectivity index (χ0v) is 13.7. The van der Waals surface area contributed by atoms with Crippen molar-refractivity contribution in [2.45, 2.75) is 38.0 Å². The third-order valence-electron chi connectivity index (χ3n) is 3.81. The molecule has 0 bridgehead atoms. The minimum Gasteiger partial charge on any atom is -0.211 e. The predicted molar refractivity (Wildman–Crippen MR) is 80.6 cm³/mol. The Hall–Kier alpha value is -0.390. The summed E-state index contributed by atoms with van der Waals surface area (Å²) in [5.74, 6) is 1.21. The van der Waals surface area contributed by atoms with E-state index in [0.717, 1.165) is 28.8 Å². The number of benzene rings is 1. The highest BCUT2D eigenvalue weighted by molar-refractivity contribution is 9.10. The van der Waals surface area contributed by atoms with E-state index in [1.54, 1.807) is 18.2 Å². The molecule has 0 heterocycles. The molecule has 0 aliphatic heterocycles. The molecule has 2 atom stereocenters. The molecule has 1 N–H and O–H groups in total. The van der Waals surface area contributed by atoms with E-state index in [0.29, 0.717) is 17.4 Å². The van der Waals surface area contributed by atoms with Crippen molar-refractivity contribution in [3.63, 3.8) is 0 Å². The summed E-state index contributed by atoms with van der Waals surface area (Å²) in [5, 5.41) is 0. The standard InChI is InChI=1S/C14H20BrNO2S/c1-10-3-4-12(7-10)9-16-19(17,18)13-5-6-14(15)11(2)8-13/h5-6,8,10,12,16H,3-4,7,9H2,1-2H3. The maximum absolute atomic E-state index is 12.2. The first kappa shape index (κ1) is 15.0. The Morgan fingerprint density at radius 3 is 2.68 bits per heavy atom. The molecule has 0 aromatic heterocycles. The molecule has 3 nitrogen and oxygen atoms in total. The van der Waals surface area contributed by atoms with Gasteiger partial charge in [0.2, 0.25) is 10.0 Å². The average Bonchev–Trinajstić information content (AvgIpc) is 2.76. The average molecular weight is 346 g/mol. The second-order valence-electron chi connectivity index (χ2n) is 5.55. The van der Waals surface area contributed by atoms with Crippen LogP contribution in [0.4, 0.5) is 0 Å². The first-order chi connectivity index (χ1) is 8.88. The summed E-state index contributed by atoms with van der Waals surface area (Å²) in [6, 6.07) is 5.11. The molecule has 106 valence electrons. The Balaban J connectivity index is 2.03. The molecule has 0 amide bonds. The third kappa shape index (κ3) is 3.80. The lowest BCUT2D eigenvalue weighted by Crippen LogP contribution is -2.28. The predicted octanol–water partition coefficient (Wildman–Crippen LogP) is 3.47. The second kappa shape index (κ2) is 5.94. The quantitative estimate of drug-likeness (QED) is 0.907. The topological polar surface area (TPSA) is 46.2 Å². The van der Waals surface area contributed by atoms with Crippen molar-refractivity contribution >= 4 is 26.0 Å². The van der Waals surface area contributed by atoms with Crippen LogP contribution in [0.5, 0.6) is 0 Å². The fourth-order valence-corrected chi connectivity index (χ4v) is 4.05. The lowest BCUT2D eigenvalue weighted by molar-refractivity contribution is 0.498. The molecule has 0 saturated heterocycles. The monoisotopic (exact) mass is 345 g/mol. The van der Waals surface area contributed by atoms with Crippen LogP contribution in [-0.4, -0.2) is 15.0 Å². The summed E-state index contributed by atoms with van der Waals surface area (Å²) in [6.07, 6.45) is 3.47. The highest BCUT2D eigenvalue weighted by Gasteiger charge is 2.23. The van der Waals surface area contributed by atoms with Gasteiger partial charge in [0.1, 0.15) is 0 Å². The number of nitrogens with one attached hydrogen (secondary N) is 1. The first-order valence-corrected chi connectivity index (χ1v) is 8.92. The van der Waals surface area contributed by atoms with Crippen LogP contribution in [0.25, 0.3) is 0 Å². The van der Waals surface area contributed by atoms with E-state index in [1.165, 1.54) is 6.42 Å². The molecular formula is C14H20BrNO2S. The van der Waals surface area contributed by atoms with Gasteiger partial charge in [0.05, 0.1) is 4.90 Å². The first-order valence-electron chi connectivity index (χ1n) is 6.64. The van der Waals surface area contributed by atoms with Gasteiger partial charge >= 0.3 is 0 Å². The third-order valence-corrected chi connectivity index (χ3v) is 6.12. The maximum Gasteiger partial charge on any atom is 0.240 e. The SMILES string of the molecule is Cc1cc(S(=O)(=O)NCC2CCC(C)C2)ccc1Br. The van der Waals surface area contributed by atoms with Crippen molar-refractivity contribution in [1.82, 2.24) is 4.72 Å². The highest BCUT2D eigenvalue weighted by atomic mass is 79.9. The minimum absolute atomic E-state index is 0.347. The molecule has 1 aliphatic rings. The lowest BCUT2D eigenvalue weighted by atomic mass is 10.1. The van der Waals surface area contributed by atoms with Gasteiger partial charge in [0.25, 0.3) is 0 Å². The summed E-state index contributed by atoms with van der Waals surface area (Å²) in [6.45, 7) is 4.68. The molecule has 1 fully saturated rings. The van der Waals surface area contributed by atoms with Crippen LogP contribution in [0.1, 0.15) is 31.7 Å². The van der Waals surface area contributed by atoms with Gasteiger partial charge in [-0.25, -0.2) is 13.1 Å². The van der Waals surface area contributed by atoms with Gasteiger partial charge in [0.15, 0.2) is 0 Å². The van der Waals surface area contributed by atoms with Crippen molar-refractivity contribution in [2.75, 3.05) is 6.54 Å². The highest BCUT2D eigenvalue weighted by Crippen LogP contribution is 2.30. The Morgan fingerprint density at radius 1 is 1.37 bits per heavy atom. The van der Waals surface area contributed by atoms with Crippen molar-refractivity contribution in [3.8, 4) is 0 Å². The van der Waals surface area contributed by atoms with E-state index >= 15 is 0 Å². The fraction of sp³-hybridized carbons (Fsp3) is 0.571. The van der Waals surface area contributed by atoms with E-state index < -0.39 is 10.0 Å². The van der Waals surface area contributed by atoms with Crippen molar-refractivity contribution < 1.29 is 8.42 Å². The number of sulfonamides is 1. The van der Waals surface area contributed by atoms with Crippen LogP contribution in [0.3, 0.4) is 0 Å². The molecule has 19 heavy (non-hydrogen) atoms. The van der Waals surface area contributed by atoms with Gasteiger partial charge in [-0.15, -0.1) is 0 Å². The summed E-state index contributed by atoms with van der Waals surface area (Å²) in [5.41, 5.74) is 0.928. The van der Waals surface area contributed by atoms with E-state index in [4.69, 9.17) is 0 Å². The molecule has 1 saturated carbocycles. The molecule has 1 aliphatic carbocycles. The Labute approximate surface area is 124 Å². The van der Waals surface area contributed by atoms with Crippen molar-refractivity contribution in [3.05, 3.63) is 28.2 Å². The number of rotatable bonds is 4. The Kier molecular flexibility index (Phi) is 4.69. The summed E-state index contributed by atoms with van der Waals surface area (Å²) >= 11 is 3.38. The largest absolute Gasteiger partial charge is 0.240 e. The van der Waals surface area contributed by atoms with Crippen LogP contribution in [0.2, 0.25) is 0 Å². The van der Waals surface area contributed by atoms with E-state index in [1.807, 2.05) is 6.92 Å². The van der Waals surface area contributed by atoms with Gasteiger partial charge in [-0.05, 0) is 55.4 Å². The Bertz CT molecular complexity index is 557. The number of aryl methyl sites for hydroxylation is 1. The number of hydrogen-bond acceptors (Lipinski definition) is 2. The molecule has 1 aromatic carbocycles. The van der Waals surface area contributed by atoms with Crippen LogP contribution in [0, 0.1) is 18.8 Å². The molecular weight excluding hydrogens is 326 g/mol. The summed E-state index contributed by atoms with van der Waals surface area (Å²) in [7, 11) is -3.38. The smallest absolute Gasteiger partial charge is 0.211 e.